The number of rotatable bonds is 4. The minimum atomic E-state index is -0.414. The first-order valence-electron chi connectivity index (χ1n) is 6.11. The van der Waals surface area contributed by atoms with Crippen molar-refractivity contribution in [2.24, 2.45) is 0 Å². The first-order chi connectivity index (χ1) is 9.49. The van der Waals surface area contributed by atoms with Gasteiger partial charge in [-0.3, -0.25) is 10.1 Å². The molecule has 1 atom stereocenters. The van der Waals surface area contributed by atoms with E-state index in [0.29, 0.717) is 11.4 Å². The summed E-state index contributed by atoms with van der Waals surface area (Å²) in [6, 6.07) is 12.1. The van der Waals surface area contributed by atoms with E-state index in [-0.39, 0.29) is 11.1 Å². The van der Waals surface area contributed by atoms with Crippen LogP contribution in [-0.2, 0) is 6.42 Å². The predicted octanol–water partition coefficient (Wildman–Crippen LogP) is 5.08. The van der Waals surface area contributed by atoms with E-state index in [4.69, 9.17) is 23.2 Å². The summed E-state index contributed by atoms with van der Waals surface area (Å²) < 4.78 is 0. The number of alkyl halides is 1. The number of benzene rings is 2. The standard InChI is InChI=1S/C15H13Cl2NO2/c1-10-13(3-2-4-14(10)16)15(17)9-11-5-7-12(8-6-11)18(19)20/h2-8,15H,9H2,1H3. The fraction of sp³-hybridized carbons (Fsp3) is 0.200. The molecule has 0 aromatic heterocycles. The Morgan fingerprint density at radius 3 is 2.45 bits per heavy atom. The second-order valence-corrected chi connectivity index (χ2v) is 5.48. The van der Waals surface area contributed by atoms with Gasteiger partial charge in [0.15, 0.2) is 0 Å². The Balaban J connectivity index is 2.17. The minimum absolute atomic E-state index is 0.0822. The molecule has 0 amide bonds. The molecule has 0 fully saturated rings. The topological polar surface area (TPSA) is 43.1 Å². The van der Waals surface area contributed by atoms with Gasteiger partial charge < -0.3 is 0 Å². The highest BCUT2D eigenvalue weighted by atomic mass is 35.5. The molecule has 20 heavy (non-hydrogen) atoms. The van der Waals surface area contributed by atoms with Crippen molar-refractivity contribution < 1.29 is 4.92 Å². The van der Waals surface area contributed by atoms with Crippen LogP contribution in [0.2, 0.25) is 5.02 Å². The Labute approximate surface area is 127 Å². The summed E-state index contributed by atoms with van der Waals surface area (Å²) >= 11 is 12.5. The Kier molecular flexibility index (Phi) is 4.63. The molecule has 0 bridgehead atoms. The average Bonchev–Trinajstić information content (AvgIpc) is 2.42. The zero-order chi connectivity index (χ0) is 14.7. The van der Waals surface area contributed by atoms with Crippen LogP contribution in [0.5, 0.6) is 0 Å². The van der Waals surface area contributed by atoms with E-state index in [1.807, 2.05) is 25.1 Å². The predicted molar refractivity (Wildman–Crippen MR) is 81.6 cm³/mol. The van der Waals surface area contributed by atoms with Crippen LogP contribution >= 0.6 is 23.2 Å². The zero-order valence-electron chi connectivity index (χ0n) is 10.8. The van der Waals surface area contributed by atoms with Gasteiger partial charge in [0, 0.05) is 17.2 Å². The SMILES string of the molecule is Cc1c(Cl)cccc1C(Cl)Cc1ccc([N+](=O)[O-])cc1. The molecule has 0 aliphatic rings. The normalized spacial score (nSPS) is 12.2. The van der Waals surface area contributed by atoms with Gasteiger partial charge in [-0.05, 0) is 36.1 Å². The van der Waals surface area contributed by atoms with E-state index >= 15 is 0 Å². The number of hydrogen-bond donors (Lipinski definition) is 0. The van der Waals surface area contributed by atoms with Crippen LogP contribution in [0.1, 0.15) is 22.1 Å². The molecule has 0 aliphatic heterocycles. The highest BCUT2D eigenvalue weighted by Crippen LogP contribution is 2.31. The fourth-order valence-corrected chi connectivity index (χ4v) is 2.63. The lowest BCUT2D eigenvalue weighted by Gasteiger charge is -2.13. The van der Waals surface area contributed by atoms with E-state index in [9.17, 15) is 10.1 Å². The third-order valence-electron chi connectivity index (χ3n) is 3.21. The van der Waals surface area contributed by atoms with Gasteiger partial charge in [-0.25, -0.2) is 0 Å². The van der Waals surface area contributed by atoms with Crippen LogP contribution in [0.15, 0.2) is 42.5 Å². The van der Waals surface area contributed by atoms with Crippen LogP contribution in [0, 0.1) is 17.0 Å². The number of nitro benzene ring substituents is 1. The molecule has 0 heterocycles. The van der Waals surface area contributed by atoms with Crippen LogP contribution < -0.4 is 0 Å². The molecule has 2 aromatic rings. The monoisotopic (exact) mass is 309 g/mol. The van der Waals surface area contributed by atoms with Gasteiger partial charge in [0.2, 0.25) is 0 Å². The third-order valence-corrected chi connectivity index (χ3v) is 4.01. The van der Waals surface area contributed by atoms with Gasteiger partial charge >= 0.3 is 0 Å². The van der Waals surface area contributed by atoms with E-state index in [2.05, 4.69) is 0 Å². The van der Waals surface area contributed by atoms with Crippen molar-refractivity contribution in [1.29, 1.82) is 0 Å². The number of nitro groups is 1. The molecule has 0 spiro atoms. The summed E-state index contributed by atoms with van der Waals surface area (Å²) in [5.74, 6) is 0. The number of hydrogen-bond acceptors (Lipinski definition) is 2. The summed E-state index contributed by atoms with van der Waals surface area (Å²) in [5, 5.41) is 11.1. The van der Waals surface area contributed by atoms with Crippen molar-refractivity contribution in [1.82, 2.24) is 0 Å². The molecular weight excluding hydrogens is 297 g/mol. The zero-order valence-corrected chi connectivity index (χ0v) is 12.4. The average molecular weight is 310 g/mol. The lowest BCUT2D eigenvalue weighted by Crippen LogP contribution is -1.99. The largest absolute Gasteiger partial charge is 0.269 e. The molecule has 104 valence electrons. The molecule has 3 nitrogen and oxygen atoms in total. The van der Waals surface area contributed by atoms with Crippen LogP contribution in [0.25, 0.3) is 0 Å². The van der Waals surface area contributed by atoms with Crippen molar-refractivity contribution >= 4 is 28.9 Å². The summed E-state index contributed by atoms with van der Waals surface area (Å²) in [4.78, 5) is 10.2. The molecule has 1 unspecified atom stereocenters. The summed E-state index contributed by atoms with van der Waals surface area (Å²) in [6.07, 6.45) is 0.598. The van der Waals surface area contributed by atoms with Gasteiger partial charge in [-0.2, -0.15) is 0 Å². The molecule has 0 N–H and O–H groups in total. The minimum Gasteiger partial charge on any atom is -0.258 e. The maximum absolute atomic E-state index is 10.6. The van der Waals surface area contributed by atoms with Crippen molar-refractivity contribution in [3.8, 4) is 0 Å². The molecule has 0 radical (unpaired) electrons. The van der Waals surface area contributed by atoms with Crippen molar-refractivity contribution in [2.75, 3.05) is 0 Å². The molecule has 0 aliphatic carbocycles. The van der Waals surface area contributed by atoms with Crippen LogP contribution in [0.3, 0.4) is 0 Å². The molecule has 0 saturated heterocycles. The quantitative estimate of drug-likeness (QED) is 0.449. The maximum Gasteiger partial charge on any atom is 0.269 e. The van der Waals surface area contributed by atoms with Crippen LogP contribution in [-0.4, -0.2) is 4.92 Å². The van der Waals surface area contributed by atoms with E-state index < -0.39 is 4.92 Å². The number of halogens is 2. The first kappa shape index (κ1) is 14.8. The Bertz CT molecular complexity index is 626. The van der Waals surface area contributed by atoms with Crippen molar-refractivity contribution in [2.45, 2.75) is 18.7 Å². The Morgan fingerprint density at radius 1 is 1.20 bits per heavy atom. The van der Waals surface area contributed by atoms with Gasteiger partial charge in [-0.1, -0.05) is 35.9 Å². The fourth-order valence-electron chi connectivity index (χ4n) is 2.03. The Hall–Kier alpha value is -1.58. The lowest BCUT2D eigenvalue weighted by molar-refractivity contribution is -0.384. The van der Waals surface area contributed by atoms with Crippen LogP contribution in [0.4, 0.5) is 5.69 Å². The molecule has 0 saturated carbocycles. The lowest BCUT2D eigenvalue weighted by atomic mass is 10.00. The maximum atomic E-state index is 10.6. The first-order valence-corrected chi connectivity index (χ1v) is 6.93. The number of non-ortho nitro benzene ring substituents is 1. The highest BCUT2D eigenvalue weighted by molar-refractivity contribution is 6.31. The molecule has 2 aromatic carbocycles. The van der Waals surface area contributed by atoms with E-state index in [1.165, 1.54) is 12.1 Å². The number of nitrogens with zero attached hydrogens (tertiary/aromatic N) is 1. The van der Waals surface area contributed by atoms with Gasteiger partial charge in [0.05, 0.1) is 10.3 Å². The summed E-state index contributed by atoms with van der Waals surface area (Å²) in [6.45, 7) is 1.93. The highest BCUT2D eigenvalue weighted by Gasteiger charge is 2.14. The van der Waals surface area contributed by atoms with Gasteiger partial charge in [0.1, 0.15) is 0 Å². The van der Waals surface area contributed by atoms with Crippen molar-refractivity contribution in [3.63, 3.8) is 0 Å². The smallest absolute Gasteiger partial charge is 0.258 e. The second kappa shape index (κ2) is 6.25. The second-order valence-electron chi connectivity index (χ2n) is 4.55. The molecular formula is C15H13Cl2NO2. The third kappa shape index (κ3) is 3.30. The molecule has 5 heteroatoms. The van der Waals surface area contributed by atoms with Gasteiger partial charge in [0.25, 0.3) is 5.69 Å². The molecule has 2 rings (SSSR count). The van der Waals surface area contributed by atoms with Gasteiger partial charge in [-0.15, -0.1) is 11.6 Å². The Morgan fingerprint density at radius 2 is 1.85 bits per heavy atom. The van der Waals surface area contributed by atoms with E-state index in [0.717, 1.165) is 16.7 Å². The van der Waals surface area contributed by atoms with E-state index in [1.54, 1.807) is 12.1 Å². The van der Waals surface area contributed by atoms with Crippen molar-refractivity contribution in [3.05, 3.63) is 74.3 Å². The summed E-state index contributed by atoms with van der Waals surface area (Å²) in [7, 11) is 0. The summed E-state index contributed by atoms with van der Waals surface area (Å²) in [5.41, 5.74) is 2.99.